The number of hydrogen-bond acceptors (Lipinski definition) is 8. The maximum Gasteiger partial charge on any atom is 0.408 e. The predicted molar refractivity (Wildman–Crippen MR) is 157 cm³/mol. The van der Waals surface area contributed by atoms with Crippen molar-refractivity contribution in [2.75, 3.05) is 6.61 Å². The summed E-state index contributed by atoms with van der Waals surface area (Å²) in [6.45, 7) is 3.89. The highest BCUT2D eigenvalue weighted by Gasteiger charge is 2.30. The zero-order valence-electron chi connectivity index (χ0n) is 23.7. The van der Waals surface area contributed by atoms with Crippen molar-refractivity contribution in [2.45, 2.75) is 58.3 Å². The third-order valence-electron chi connectivity index (χ3n) is 6.05. The molecule has 0 saturated carbocycles. The molecule has 0 aliphatic rings. The highest BCUT2D eigenvalue weighted by Crippen LogP contribution is 2.25. The molecule has 0 heterocycles. The number of esters is 1. The molecule has 14 heteroatoms. The number of ketones is 1. The predicted octanol–water partition coefficient (Wildman–Crippen LogP) is 3.52. The Morgan fingerprint density at radius 1 is 0.814 bits per heavy atom. The second kappa shape index (κ2) is 17.1. The van der Waals surface area contributed by atoms with Crippen LogP contribution in [0.25, 0.3) is 0 Å². The maximum absolute atomic E-state index is 12.9. The molecule has 3 amide bonds. The minimum absolute atomic E-state index is 0.00361. The smallest absolute Gasteiger partial charge is 0.408 e. The highest BCUT2D eigenvalue weighted by molar-refractivity contribution is 6.39. The number of Topliss-reactive ketones (excluding diaryl/α,β-unsaturated/α-hetero) is 1. The molecule has 0 fully saturated rings. The Morgan fingerprint density at radius 2 is 1.44 bits per heavy atom. The molecule has 3 atom stereocenters. The summed E-state index contributed by atoms with van der Waals surface area (Å²) in [5, 5.41) is 16.4. The fourth-order valence-corrected chi connectivity index (χ4v) is 4.23. The lowest BCUT2D eigenvalue weighted by Crippen LogP contribution is -2.56. The van der Waals surface area contributed by atoms with Gasteiger partial charge in [0, 0.05) is 6.42 Å². The number of rotatable bonds is 15. The van der Waals surface area contributed by atoms with Crippen LogP contribution in [-0.2, 0) is 35.3 Å². The van der Waals surface area contributed by atoms with Gasteiger partial charge < -0.3 is 30.5 Å². The Balaban J connectivity index is 1.99. The Bertz CT molecular complexity index is 1300. The first-order chi connectivity index (χ1) is 20.3. The van der Waals surface area contributed by atoms with Crippen molar-refractivity contribution in [1.29, 1.82) is 0 Å². The Hall–Kier alpha value is -4.16. The number of nitrogens with one attached hydrogen (secondary N) is 3. The van der Waals surface area contributed by atoms with Gasteiger partial charge in [0.1, 0.15) is 18.7 Å². The van der Waals surface area contributed by atoms with Crippen LogP contribution in [0.1, 0.15) is 49.5 Å². The molecule has 0 spiro atoms. The molecule has 0 aromatic heterocycles. The molecule has 0 unspecified atom stereocenters. The number of alkyl carbamates (subject to hydrolysis) is 1. The van der Waals surface area contributed by atoms with E-state index in [1.54, 1.807) is 38.1 Å². The van der Waals surface area contributed by atoms with Gasteiger partial charge in [-0.3, -0.25) is 19.2 Å². The third kappa shape index (κ3) is 11.6. The monoisotopic (exact) mass is 637 g/mol. The number of ether oxygens (including phenoxy) is 2. The van der Waals surface area contributed by atoms with Crippen molar-refractivity contribution >= 4 is 58.8 Å². The Kier molecular flexibility index (Phi) is 13.9. The van der Waals surface area contributed by atoms with Crippen LogP contribution < -0.4 is 16.0 Å². The van der Waals surface area contributed by atoms with Crippen LogP contribution in [0.15, 0.2) is 48.5 Å². The van der Waals surface area contributed by atoms with E-state index in [0.29, 0.717) is 0 Å². The number of hydrogen-bond donors (Lipinski definition) is 4. The number of carboxylic acid groups (broad SMARTS) is 1. The van der Waals surface area contributed by atoms with Gasteiger partial charge in [0.2, 0.25) is 11.8 Å². The van der Waals surface area contributed by atoms with Gasteiger partial charge in [-0.15, -0.1) is 0 Å². The summed E-state index contributed by atoms with van der Waals surface area (Å²) < 4.78 is 10.2. The van der Waals surface area contributed by atoms with Crippen LogP contribution in [0, 0.1) is 5.92 Å². The third-order valence-corrected chi connectivity index (χ3v) is 6.68. The van der Waals surface area contributed by atoms with E-state index < -0.39 is 66.8 Å². The molecule has 4 N–H and O–H groups in total. The first-order valence-electron chi connectivity index (χ1n) is 13.2. The first kappa shape index (κ1) is 35.0. The van der Waals surface area contributed by atoms with Gasteiger partial charge >= 0.3 is 18.0 Å². The van der Waals surface area contributed by atoms with Gasteiger partial charge in [-0.05, 0) is 37.0 Å². The van der Waals surface area contributed by atoms with E-state index in [4.69, 9.17) is 37.8 Å². The van der Waals surface area contributed by atoms with Crippen LogP contribution in [-0.4, -0.2) is 65.5 Å². The maximum atomic E-state index is 12.9. The molecule has 2 rings (SSSR count). The Labute approximate surface area is 258 Å². The van der Waals surface area contributed by atoms with E-state index >= 15 is 0 Å². The SMILES string of the molecule is CC(C)[C@H](NC(=O)OCc1ccccc1)C(=O)N[C@@H](C)C(=O)N[C@@H](CCC(=O)O)C(=O)COC(=O)c1c(Cl)cccc1Cl. The summed E-state index contributed by atoms with van der Waals surface area (Å²) in [7, 11) is 0. The quantitative estimate of drug-likeness (QED) is 0.213. The topological polar surface area (TPSA) is 177 Å². The van der Waals surface area contributed by atoms with Crippen molar-refractivity contribution in [3.05, 3.63) is 69.7 Å². The van der Waals surface area contributed by atoms with Gasteiger partial charge in [0.05, 0.1) is 21.7 Å². The summed E-state index contributed by atoms with van der Waals surface area (Å²) in [6, 6.07) is 9.66. The van der Waals surface area contributed by atoms with E-state index in [1.165, 1.54) is 25.1 Å². The molecule has 0 radical (unpaired) electrons. The molecular weight excluding hydrogens is 605 g/mol. The van der Waals surface area contributed by atoms with Crippen LogP contribution in [0.2, 0.25) is 10.0 Å². The standard InChI is InChI=1S/C29H33Cl2N3O9/c1-16(2)25(34-29(41)43-14-18-8-5-4-6-9-18)27(39)32-17(3)26(38)33-21(12-13-23(36)37)22(35)15-42-28(40)24-19(30)10-7-11-20(24)31/h4-11,16-17,21,25H,12-15H2,1-3H3,(H,32,39)(H,33,38)(H,34,41)(H,36,37)/t17-,21-,25-/m0/s1. The minimum atomic E-state index is -1.36. The summed E-state index contributed by atoms with van der Waals surface area (Å²) in [5.41, 5.74) is 0.598. The number of carboxylic acids is 1. The largest absolute Gasteiger partial charge is 0.481 e. The molecule has 43 heavy (non-hydrogen) atoms. The normalized spacial score (nSPS) is 12.8. The lowest BCUT2D eigenvalue weighted by Gasteiger charge is -2.24. The number of amides is 3. The molecule has 2 aromatic rings. The number of benzene rings is 2. The molecule has 2 aromatic carbocycles. The molecular formula is C29H33Cl2N3O9. The number of carbonyl (C=O) groups is 6. The van der Waals surface area contributed by atoms with Gasteiger partial charge in [-0.2, -0.15) is 0 Å². The number of halogens is 2. The molecule has 0 saturated heterocycles. The average molecular weight is 639 g/mol. The molecule has 0 aliphatic carbocycles. The average Bonchev–Trinajstić information content (AvgIpc) is 2.95. The van der Waals surface area contributed by atoms with Crippen LogP contribution in [0.3, 0.4) is 0 Å². The summed E-state index contributed by atoms with van der Waals surface area (Å²) >= 11 is 12.0. The lowest BCUT2D eigenvalue weighted by atomic mass is 10.0. The van der Waals surface area contributed by atoms with E-state index in [-0.39, 0.29) is 34.6 Å². The van der Waals surface area contributed by atoms with Crippen LogP contribution in [0.4, 0.5) is 4.79 Å². The van der Waals surface area contributed by atoms with Crippen molar-refractivity contribution in [2.24, 2.45) is 5.92 Å². The van der Waals surface area contributed by atoms with E-state index in [9.17, 15) is 28.8 Å². The Morgan fingerprint density at radius 3 is 2.02 bits per heavy atom. The van der Waals surface area contributed by atoms with Gasteiger partial charge in [-0.1, -0.05) is 73.4 Å². The summed E-state index contributed by atoms with van der Waals surface area (Å²) in [5.74, 6) is -4.89. The van der Waals surface area contributed by atoms with Gasteiger partial charge in [-0.25, -0.2) is 9.59 Å². The second-order valence-electron chi connectivity index (χ2n) is 9.79. The van der Waals surface area contributed by atoms with Gasteiger partial charge in [0.25, 0.3) is 0 Å². The molecule has 0 bridgehead atoms. The van der Waals surface area contributed by atoms with E-state index in [0.717, 1.165) is 5.56 Å². The fraction of sp³-hybridized carbons (Fsp3) is 0.379. The highest BCUT2D eigenvalue weighted by atomic mass is 35.5. The van der Waals surface area contributed by atoms with Crippen molar-refractivity contribution < 1.29 is 43.3 Å². The fourth-order valence-electron chi connectivity index (χ4n) is 3.68. The molecule has 12 nitrogen and oxygen atoms in total. The lowest BCUT2D eigenvalue weighted by molar-refractivity contribution is -0.138. The second-order valence-corrected chi connectivity index (χ2v) is 10.6. The zero-order valence-corrected chi connectivity index (χ0v) is 25.2. The van der Waals surface area contributed by atoms with Gasteiger partial charge in [0.15, 0.2) is 12.4 Å². The zero-order chi connectivity index (χ0) is 32.1. The molecule has 0 aliphatic heterocycles. The van der Waals surface area contributed by atoms with E-state index in [1.807, 2.05) is 6.07 Å². The van der Waals surface area contributed by atoms with Crippen molar-refractivity contribution in [3.63, 3.8) is 0 Å². The summed E-state index contributed by atoms with van der Waals surface area (Å²) in [4.78, 5) is 74.5. The molecule has 232 valence electrons. The number of carbonyl (C=O) groups excluding carboxylic acids is 5. The van der Waals surface area contributed by atoms with Crippen LogP contribution in [0.5, 0.6) is 0 Å². The van der Waals surface area contributed by atoms with Crippen molar-refractivity contribution in [3.8, 4) is 0 Å². The van der Waals surface area contributed by atoms with Crippen LogP contribution >= 0.6 is 23.2 Å². The van der Waals surface area contributed by atoms with E-state index in [2.05, 4.69) is 16.0 Å². The number of aliphatic carboxylic acids is 1. The summed E-state index contributed by atoms with van der Waals surface area (Å²) in [6.07, 6.45) is -1.62. The first-order valence-corrected chi connectivity index (χ1v) is 14.0. The van der Waals surface area contributed by atoms with Crippen molar-refractivity contribution in [1.82, 2.24) is 16.0 Å². The minimum Gasteiger partial charge on any atom is -0.481 e.